The Hall–Kier alpha value is -3.60. The van der Waals surface area contributed by atoms with Gasteiger partial charge in [0.1, 0.15) is 12.4 Å². The molecule has 0 unspecified atom stereocenters. The van der Waals surface area contributed by atoms with E-state index in [1.54, 1.807) is 56.3 Å². The Bertz CT molecular complexity index is 1280. The first kappa shape index (κ1) is 29.0. The molecule has 38 heavy (non-hydrogen) atoms. The van der Waals surface area contributed by atoms with Gasteiger partial charge < -0.3 is 24.8 Å². The molecule has 0 radical (unpaired) electrons. The number of hydrazone groups is 1. The summed E-state index contributed by atoms with van der Waals surface area (Å²) in [7, 11) is 0. The van der Waals surface area contributed by atoms with Gasteiger partial charge in [0.25, 0.3) is 5.91 Å². The predicted molar refractivity (Wildman–Crippen MR) is 151 cm³/mol. The van der Waals surface area contributed by atoms with Crippen molar-refractivity contribution in [1.82, 2.24) is 16.1 Å². The number of hydrogen-bond donors (Lipinski definition) is 3. The lowest BCUT2D eigenvalue weighted by Crippen LogP contribution is -2.45. The number of allylic oxidation sites excluding steroid dienone is 1. The van der Waals surface area contributed by atoms with Gasteiger partial charge >= 0.3 is 5.97 Å². The van der Waals surface area contributed by atoms with Crippen LogP contribution in [0.15, 0.2) is 65.4 Å². The zero-order valence-electron chi connectivity index (χ0n) is 20.7. The van der Waals surface area contributed by atoms with E-state index in [0.717, 1.165) is 0 Å². The van der Waals surface area contributed by atoms with Crippen molar-refractivity contribution >= 4 is 58.6 Å². The second-order valence-corrected chi connectivity index (χ2v) is 9.05. The minimum atomic E-state index is -0.631. The van der Waals surface area contributed by atoms with Crippen LogP contribution in [-0.4, -0.2) is 43.0 Å². The molecule has 0 aliphatic carbocycles. The number of nitrogens with zero attached hydrogens (tertiary/aromatic N) is 1. The van der Waals surface area contributed by atoms with E-state index in [0.29, 0.717) is 49.1 Å². The number of halogens is 2. The Morgan fingerprint density at radius 3 is 2.61 bits per heavy atom. The Morgan fingerprint density at radius 1 is 1.21 bits per heavy atom. The first-order valence-electron chi connectivity index (χ1n) is 11.5. The fraction of sp³-hybridized carbons (Fsp3) is 0.231. The number of rotatable bonds is 11. The predicted octanol–water partition coefficient (Wildman–Crippen LogP) is 4.44. The molecule has 0 saturated carbocycles. The molecule has 9 nitrogen and oxygen atoms in total. The molecule has 1 aliphatic heterocycles. The number of thiocarbonyl (C=S) groups is 1. The van der Waals surface area contributed by atoms with Gasteiger partial charge in [-0.05, 0) is 49.8 Å². The lowest BCUT2D eigenvalue weighted by molar-refractivity contribution is -0.139. The summed E-state index contributed by atoms with van der Waals surface area (Å²) < 4.78 is 16.4. The summed E-state index contributed by atoms with van der Waals surface area (Å²) in [6.07, 6.45) is 2.97. The fourth-order valence-corrected chi connectivity index (χ4v) is 4.43. The van der Waals surface area contributed by atoms with Crippen molar-refractivity contribution in [2.45, 2.75) is 19.9 Å². The molecule has 0 bridgehead atoms. The molecule has 12 heteroatoms. The second-order valence-electron chi connectivity index (χ2n) is 7.82. The Morgan fingerprint density at radius 2 is 1.92 bits per heavy atom. The number of esters is 1. The van der Waals surface area contributed by atoms with Gasteiger partial charge in [-0.3, -0.25) is 4.79 Å². The minimum Gasteiger partial charge on any atom is -0.486 e. The summed E-state index contributed by atoms with van der Waals surface area (Å²) >= 11 is 17.7. The number of carbonyl (C=O) groups excluding carboxylic acids is 2. The number of ether oxygens (including phenoxy) is 3. The van der Waals surface area contributed by atoms with Gasteiger partial charge in [0.15, 0.2) is 17.5 Å². The monoisotopic (exact) mass is 576 g/mol. The van der Waals surface area contributed by atoms with E-state index >= 15 is 0 Å². The van der Waals surface area contributed by atoms with E-state index in [4.69, 9.17) is 49.6 Å². The van der Waals surface area contributed by atoms with E-state index in [-0.39, 0.29) is 19.8 Å². The van der Waals surface area contributed by atoms with Crippen LogP contribution in [0.3, 0.4) is 0 Å². The van der Waals surface area contributed by atoms with Gasteiger partial charge in [-0.2, -0.15) is 5.10 Å². The molecule has 0 aromatic heterocycles. The topological polar surface area (TPSA) is 110 Å². The number of amides is 1. The van der Waals surface area contributed by atoms with E-state index in [1.165, 1.54) is 6.21 Å². The fourth-order valence-electron chi connectivity index (χ4n) is 3.55. The van der Waals surface area contributed by atoms with E-state index < -0.39 is 17.9 Å². The molecule has 1 aliphatic rings. The van der Waals surface area contributed by atoms with Gasteiger partial charge in [-0.1, -0.05) is 54.1 Å². The first-order valence-corrected chi connectivity index (χ1v) is 12.6. The highest BCUT2D eigenvalue weighted by Gasteiger charge is 2.32. The van der Waals surface area contributed by atoms with Crippen molar-refractivity contribution in [3.63, 3.8) is 0 Å². The summed E-state index contributed by atoms with van der Waals surface area (Å²) in [5.41, 5.74) is 4.49. The molecule has 1 atom stereocenters. The maximum absolute atomic E-state index is 12.7. The highest BCUT2D eigenvalue weighted by molar-refractivity contribution is 7.80. The van der Waals surface area contributed by atoms with Gasteiger partial charge in [0.05, 0.1) is 34.5 Å². The third-order valence-electron chi connectivity index (χ3n) is 5.12. The van der Waals surface area contributed by atoms with E-state index in [2.05, 4.69) is 27.7 Å². The number of hydrogen-bond acceptors (Lipinski definition) is 7. The minimum absolute atomic E-state index is 0.220. The van der Waals surface area contributed by atoms with Crippen molar-refractivity contribution in [2.24, 2.45) is 5.10 Å². The highest BCUT2D eigenvalue weighted by atomic mass is 35.5. The quantitative estimate of drug-likeness (QED) is 0.118. The molecular formula is C26H26Cl2N4O5S. The van der Waals surface area contributed by atoms with Crippen molar-refractivity contribution < 1.29 is 23.8 Å². The molecule has 3 N–H and O–H groups in total. The van der Waals surface area contributed by atoms with Crippen LogP contribution in [0.5, 0.6) is 11.5 Å². The van der Waals surface area contributed by atoms with Crippen LogP contribution in [-0.2, 0) is 14.3 Å². The van der Waals surface area contributed by atoms with Gasteiger partial charge in [0.2, 0.25) is 0 Å². The Kier molecular flexibility index (Phi) is 10.5. The SMILES string of the molecule is C=CCOc1c(Cl)cc(C=NNC(=O)COc2ccccc2[C@@H]2NC(=S)NC(C)=C2C(=O)OCC)cc1Cl. The average molecular weight is 577 g/mol. The van der Waals surface area contributed by atoms with Crippen molar-refractivity contribution in [3.05, 3.63) is 81.5 Å². The second kappa shape index (κ2) is 13.8. The lowest BCUT2D eigenvalue weighted by Gasteiger charge is -2.30. The molecule has 2 aromatic rings. The van der Waals surface area contributed by atoms with Crippen LogP contribution in [0.1, 0.15) is 31.0 Å². The number of nitrogens with one attached hydrogen (secondary N) is 3. The normalized spacial score (nSPS) is 14.9. The maximum Gasteiger partial charge on any atom is 0.338 e. The number of para-hydroxylation sites is 1. The summed E-state index contributed by atoms with van der Waals surface area (Å²) in [5.74, 6) is -0.274. The van der Waals surface area contributed by atoms with Gasteiger partial charge in [-0.15, -0.1) is 0 Å². The van der Waals surface area contributed by atoms with Crippen LogP contribution in [0.25, 0.3) is 0 Å². The zero-order valence-corrected chi connectivity index (χ0v) is 23.0. The van der Waals surface area contributed by atoms with Crippen LogP contribution in [0.4, 0.5) is 0 Å². The summed E-state index contributed by atoms with van der Waals surface area (Å²) in [4.78, 5) is 25.1. The molecule has 0 saturated heterocycles. The van der Waals surface area contributed by atoms with Crippen LogP contribution >= 0.6 is 35.4 Å². The molecule has 200 valence electrons. The van der Waals surface area contributed by atoms with Crippen LogP contribution < -0.4 is 25.5 Å². The third kappa shape index (κ3) is 7.47. The van der Waals surface area contributed by atoms with Crippen LogP contribution in [0, 0.1) is 0 Å². The van der Waals surface area contributed by atoms with E-state index in [9.17, 15) is 9.59 Å². The maximum atomic E-state index is 12.7. The van der Waals surface area contributed by atoms with Gasteiger partial charge in [0, 0.05) is 11.3 Å². The molecule has 2 aromatic carbocycles. The lowest BCUT2D eigenvalue weighted by atomic mass is 9.95. The first-order chi connectivity index (χ1) is 18.2. The molecule has 1 amide bonds. The molecule has 1 heterocycles. The van der Waals surface area contributed by atoms with Crippen molar-refractivity contribution in [3.8, 4) is 11.5 Å². The molecular weight excluding hydrogens is 551 g/mol. The summed E-state index contributed by atoms with van der Waals surface area (Å²) in [5, 5.41) is 10.9. The van der Waals surface area contributed by atoms with E-state index in [1.807, 2.05) is 0 Å². The van der Waals surface area contributed by atoms with Crippen molar-refractivity contribution in [2.75, 3.05) is 19.8 Å². The standard InChI is InChI=1S/C26H26Cl2N4O5S/c1-4-10-36-24-18(27)11-16(12-19(24)28)13-29-32-21(33)14-37-20-9-7-6-8-17(20)23-22(25(34)35-5-2)15(3)30-26(38)31-23/h4,6-9,11-13,23H,1,5,10,14H2,2-3H3,(H,32,33)(H2,30,31,38)/t23-/m0/s1. The third-order valence-corrected chi connectivity index (χ3v) is 5.90. The average Bonchev–Trinajstić information content (AvgIpc) is 2.87. The Balaban J connectivity index is 1.68. The van der Waals surface area contributed by atoms with Crippen molar-refractivity contribution in [1.29, 1.82) is 0 Å². The molecule has 0 spiro atoms. The highest BCUT2D eigenvalue weighted by Crippen LogP contribution is 2.34. The van der Waals surface area contributed by atoms with Crippen LogP contribution in [0.2, 0.25) is 10.0 Å². The molecule has 0 fully saturated rings. The largest absolute Gasteiger partial charge is 0.486 e. The smallest absolute Gasteiger partial charge is 0.338 e. The zero-order chi connectivity index (χ0) is 27.7. The summed E-state index contributed by atoms with van der Waals surface area (Å²) in [6, 6.07) is 9.58. The van der Waals surface area contributed by atoms with Gasteiger partial charge in [-0.25, -0.2) is 10.2 Å². The number of carbonyl (C=O) groups is 2. The Labute approximate surface area is 235 Å². The number of benzene rings is 2. The molecule has 3 rings (SSSR count). The summed E-state index contributed by atoms with van der Waals surface area (Å²) in [6.45, 7) is 7.19.